The predicted octanol–water partition coefficient (Wildman–Crippen LogP) is 1.86. The average Bonchev–Trinajstić information content (AvgIpc) is 2.37. The third kappa shape index (κ3) is 4.22. The van der Waals surface area contributed by atoms with E-state index in [1.54, 1.807) is 0 Å². The molecule has 0 aromatic carbocycles. The van der Waals surface area contributed by atoms with Crippen molar-refractivity contribution in [3.63, 3.8) is 0 Å². The van der Waals surface area contributed by atoms with Crippen molar-refractivity contribution in [3.8, 4) is 0 Å². The monoisotopic (exact) mass is 254 g/mol. The van der Waals surface area contributed by atoms with Gasteiger partial charge in [-0.05, 0) is 51.6 Å². The van der Waals surface area contributed by atoms with E-state index >= 15 is 0 Å². The van der Waals surface area contributed by atoms with Crippen LogP contribution in [-0.4, -0.2) is 48.8 Å². The van der Waals surface area contributed by atoms with Gasteiger partial charge in [-0.1, -0.05) is 19.3 Å². The largest absolute Gasteiger partial charge is 0.393 e. The molecule has 3 nitrogen and oxygen atoms in total. The maximum Gasteiger partial charge on any atom is 0.0553 e. The van der Waals surface area contributed by atoms with Gasteiger partial charge in [-0.15, -0.1) is 0 Å². The van der Waals surface area contributed by atoms with Crippen LogP contribution in [0, 0.1) is 11.8 Å². The van der Waals surface area contributed by atoms with E-state index in [0.717, 1.165) is 25.4 Å². The zero-order valence-corrected chi connectivity index (χ0v) is 12.1. The van der Waals surface area contributed by atoms with Crippen LogP contribution in [0.2, 0.25) is 0 Å². The molecule has 106 valence electrons. The van der Waals surface area contributed by atoms with Gasteiger partial charge in [0.05, 0.1) is 6.10 Å². The summed E-state index contributed by atoms with van der Waals surface area (Å²) in [5.74, 6) is 1.34. The summed E-state index contributed by atoms with van der Waals surface area (Å²) in [5, 5.41) is 13.5. The van der Waals surface area contributed by atoms with Crippen molar-refractivity contribution in [2.45, 2.75) is 57.6 Å². The summed E-state index contributed by atoms with van der Waals surface area (Å²) in [4.78, 5) is 2.36. The van der Waals surface area contributed by atoms with E-state index in [2.05, 4.69) is 17.3 Å². The Morgan fingerprint density at radius 2 is 1.94 bits per heavy atom. The lowest BCUT2D eigenvalue weighted by Gasteiger charge is -2.38. The highest BCUT2D eigenvalue weighted by Gasteiger charge is 2.28. The molecule has 1 aliphatic heterocycles. The molecule has 0 spiro atoms. The quantitative estimate of drug-likeness (QED) is 0.804. The number of hydrogen-bond donors (Lipinski definition) is 2. The van der Waals surface area contributed by atoms with Crippen molar-refractivity contribution >= 4 is 0 Å². The van der Waals surface area contributed by atoms with Crippen LogP contribution in [0.1, 0.15) is 45.4 Å². The van der Waals surface area contributed by atoms with E-state index in [1.807, 2.05) is 6.92 Å². The van der Waals surface area contributed by atoms with Gasteiger partial charge in [0.15, 0.2) is 0 Å². The molecule has 1 heterocycles. The highest BCUT2D eigenvalue weighted by molar-refractivity contribution is 4.85. The molecule has 1 aliphatic carbocycles. The summed E-state index contributed by atoms with van der Waals surface area (Å²) < 4.78 is 0. The van der Waals surface area contributed by atoms with Gasteiger partial charge in [-0.3, -0.25) is 0 Å². The molecule has 3 atom stereocenters. The molecule has 2 aliphatic rings. The Labute approximate surface area is 112 Å². The van der Waals surface area contributed by atoms with Gasteiger partial charge in [0, 0.05) is 19.1 Å². The lowest BCUT2D eigenvalue weighted by molar-refractivity contribution is 0.0572. The number of rotatable bonds is 4. The first-order valence-electron chi connectivity index (χ1n) is 7.75. The molecule has 0 radical (unpaired) electrons. The summed E-state index contributed by atoms with van der Waals surface area (Å²) in [6.45, 7) is 5.29. The lowest BCUT2D eigenvalue weighted by Crippen LogP contribution is -2.50. The molecule has 0 bridgehead atoms. The molecule has 0 aromatic heterocycles. The van der Waals surface area contributed by atoms with Crippen molar-refractivity contribution in [1.29, 1.82) is 0 Å². The second-order valence-electron chi connectivity index (χ2n) is 6.57. The Bertz CT molecular complexity index is 239. The first-order valence-corrected chi connectivity index (χ1v) is 7.75. The van der Waals surface area contributed by atoms with Crippen molar-refractivity contribution in [1.82, 2.24) is 10.2 Å². The van der Waals surface area contributed by atoms with Crippen LogP contribution in [0.5, 0.6) is 0 Å². The highest BCUT2D eigenvalue weighted by atomic mass is 16.3. The van der Waals surface area contributed by atoms with E-state index in [4.69, 9.17) is 0 Å². The van der Waals surface area contributed by atoms with Gasteiger partial charge in [-0.25, -0.2) is 0 Å². The molecule has 2 fully saturated rings. The minimum absolute atomic E-state index is 0.174. The van der Waals surface area contributed by atoms with E-state index in [1.165, 1.54) is 38.6 Å². The van der Waals surface area contributed by atoms with Gasteiger partial charge in [0.1, 0.15) is 0 Å². The fourth-order valence-electron chi connectivity index (χ4n) is 3.59. The van der Waals surface area contributed by atoms with Crippen molar-refractivity contribution in [3.05, 3.63) is 0 Å². The Kier molecular flexibility index (Phi) is 5.46. The van der Waals surface area contributed by atoms with Gasteiger partial charge < -0.3 is 15.3 Å². The number of aliphatic hydroxyl groups is 1. The molecular weight excluding hydrogens is 224 g/mol. The van der Waals surface area contributed by atoms with E-state index < -0.39 is 0 Å². The standard InChI is InChI=1S/C15H30N2O/c1-12(18)14-8-15(11-17(2)10-14)16-9-13-6-4-3-5-7-13/h12-16,18H,3-11H2,1-2H3. The van der Waals surface area contributed by atoms with Crippen molar-refractivity contribution < 1.29 is 5.11 Å². The van der Waals surface area contributed by atoms with Gasteiger partial charge >= 0.3 is 0 Å². The van der Waals surface area contributed by atoms with Gasteiger partial charge in [0.25, 0.3) is 0 Å². The third-order valence-electron chi connectivity index (χ3n) is 4.77. The third-order valence-corrected chi connectivity index (χ3v) is 4.77. The van der Waals surface area contributed by atoms with E-state index in [0.29, 0.717) is 12.0 Å². The maximum atomic E-state index is 9.78. The molecule has 0 amide bonds. The molecule has 1 saturated heterocycles. The maximum absolute atomic E-state index is 9.78. The van der Waals surface area contributed by atoms with Crippen LogP contribution in [0.25, 0.3) is 0 Å². The number of aliphatic hydroxyl groups excluding tert-OH is 1. The number of nitrogens with zero attached hydrogens (tertiary/aromatic N) is 1. The predicted molar refractivity (Wildman–Crippen MR) is 75.7 cm³/mol. The van der Waals surface area contributed by atoms with Crippen LogP contribution in [0.3, 0.4) is 0 Å². The molecular formula is C15H30N2O. The Balaban J connectivity index is 1.73. The smallest absolute Gasteiger partial charge is 0.0553 e. The number of nitrogens with one attached hydrogen (secondary N) is 1. The summed E-state index contributed by atoms with van der Waals surface area (Å²) in [7, 11) is 2.17. The second-order valence-corrected chi connectivity index (χ2v) is 6.57. The second kappa shape index (κ2) is 6.88. The molecule has 2 N–H and O–H groups in total. The molecule has 0 aromatic rings. The zero-order chi connectivity index (χ0) is 13.0. The van der Waals surface area contributed by atoms with Crippen molar-refractivity contribution in [2.75, 3.05) is 26.7 Å². The lowest BCUT2D eigenvalue weighted by atomic mass is 9.87. The Morgan fingerprint density at radius 3 is 2.61 bits per heavy atom. The SMILES string of the molecule is CC(O)C1CC(NCC2CCCCC2)CN(C)C1. The first kappa shape index (κ1) is 14.3. The summed E-state index contributed by atoms with van der Waals surface area (Å²) in [6.07, 6.45) is 8.07. The van der Waals surface area contributed by atoms with E-state index in [9.17, 15) is 5.11 Å². The molecule has 1 saturated carbocycles. The fraction of sp³-hybridized carbons (Fsp3) is 1.00. The normalized spacial score (nSPS) is 33.5. The minimum atomic E-state index is -0.174. The Morgan fingerprint density at radius 1 is 1.22 bits per heavy atom. The summed E-state index contributed by atoms with van der Waals surface area (Å²) in [6, 6.07) is 0.574. The number of piperidine rings is 1. The molecule has 18 heavy (non-hydrogen) atoms. The number of likely N-dealkylation sites (N-methyl/N-ethyl adjacent to an activating group) is 1. The van der Waals surface area contributed by atoms with Crippen molar-refractivity contribution in [2.24, 2.45) is 11.8 Å². The minimum Gasteiger partial charge on any atom is -0.393 e. The van der Waals surface area contributed by atoms with E-state index in [-0.39, 0.29) is 6.10 Å². The highest BCUT2D eigenvalue weighted by Crippen LogP contribution is 2.24. The van der Waals surface area contributed by atoms with Crippen LogP contribution in [0.4, 0.5) is 0 Å². The molecule has 2 rings (SSSR count). The summed E-state index contributed by atoms with van der Waals surface area (Å²) in [5.41, 5.74) is 0. The Hall–Kier alpha value is -0.120. The van der Waals surface area contributed by atoms with Gasteiger partial charge in [0.2, 0.25) is 0 Å². The molecule has 3 heteroatoms. The van der Waals surface area contributed by atoms with Crippen LogP contribution in [0.15, 0.2) is 0 Å². The summed E-state index contributed by atoms with van der Waals surface area (Å²) >= 11 is 0. The topological polar surface area (TPSA) is 35.5 Å². The zero-order valence-electron chi connectivity index (χ0n) is 12.1. The van der Waals surface area contributed by atoms with Crippen LogP contribution >= 0.6 is 0 Å². The first-order chi connectivity index (χ1) is 8.65. The molecule has 3 unspecified atom stereocenters. The van der Waals surface area contributed by atoms with Crippen LogP contribution < -0.4 is 5.32 Å². The fourth-order valence-corrected chi connectivity index (χ4v) is 3.59. The van der Waals surface area contributed by atoms with Gasteiger partial charge in [-0.2, -0.15) is 0 Å². The van der Waals surface area contributed by atoms with Crippen LogP contribution in [-0.2, 0) is 0 Å². The number of likely N-dealkylation sites (tertiary alicyclic amines) is 1. The average molecular weight is 254 g/mol. The number of hydrogen-bond acceptors (Lipinski definition) is 3.